The van der Waals surface area contributed by atoms with Crippen molar-refractivity contribution in [3.05, 3.63) is 0 Å². The van der Waals surface area contributed by atoms with E-state index in [1.807, 2.05) is 5.01 Å². The van der Waals surface area contributed by atoms with E-state index in [0.29, 0.717) is 5.96 Å². The summed E-state index contributed by atoms with van der Waals surface area (Å²) in [6.45, 7) is 1.99. The average Bonchev–Trinajstić information content (AvgIpc) is 2.05. The van der Waals surface area contributed by atoms with Gasteiger partial charge >= 0.3 is 0 Å². The fourth-order valence-electron chi connectivity index (χ4n) is 1.00. The summed E-state index contributed by atoms with van der Waals surface area (Å²) in [5.74, 6) is 0.583. The molecule has 1 heterocycles. The molecule has 0 aromatic rings. The van der Waals surface area contributed by atoms with Gasteiger partial charge in [0.05, 0.1) is 0 Å². The molecule has 58 valence electrons. The van der Waals surface area contributed by atoms with Gasteiger partial charge in [-0.15, -0.1) is 0 Å². The number of aliphatic imine (C=N–C) groups is 1. The van der Waals surface area contributed by atoms with Crippen LogP contribution in [0.4, 0.5) is 0 Å². The second-order valence-corrected chi connectivity index (χ2v) is 2.35. The molecule has 0 aromatic heterocycles. The maximum Gasteiger partial charge on any atom is 0.205 e. The van der Waals surface area contributed by atoms with Crippen LogP contribution in [0.25, 0.3) is 0 Å². The van der Waals surface area contributed by atoms with Gasteiger partial charge in [-0.1, -0.05) is 0 Å². The maximum absolute atomic E-state index is 5.56. The first-order chi connectivity index (χ1) is 4.84. The van der Waals surface area contributed by atoms with Crippen LogP contribution in [-0.2, 0) is 0 Å². The molecule has 0 aromatic carbocycles. The molecule has 0 aliphatic carbocycles. The van der Waals surface area contributed by atoms with Gasteiger partial charge in [0.1, 0.15) is 0 Å². The van der Waals surface area contributed by atoms with Crippen LogP contribution >= 0.6 is 0 Å². The minimum atomic E-state index is 0.583. The van der Waals surface area contributed by atoms with Crippen LogP contribution in [0, 0.1) is 0 Å². The zero-order valence-electron chi connectivity index (χ0n) is 6.30. The Balaban J connectivity index is 2.39. The molecule has 1 aliphatic heterocycles. The Hall–Kier alpha value is -0.770. The fourth-order valence-corrected chi connectivity index (χ4v) is 1.00. The van der Waals surface area contributed by atoms with Gasteiger partial charge in [-0.25, -0.2) is 5.43 Å². The number of nitrogens with one attached hydrogen (secondary N) is 1. The highest BCUT2D eigenvalue weighted by Gasteiger charge is 2.09. The van der Waals surface area contributed by atoms with E-state index in [2.05, 4.69) is 10.4 Å². The fraction of sp³-hybridized carbons (Fsp3) is 0.833. The number of nitrogens with two attached hydrogens (primary N) is 1. The molecule has 0 unspecified atom stereocenters. The molecule has 1 aliphatic rings. The van der Waals surface area contributed by atoms with E-state index in [9.17, 15) is 0 Å². The highest BCUT2D eigenvalue weighted by atomic mass is 15.5. The molecular formula is C6H14N4. The van der Waals surface area contributed by atoms with E-state index in [1.54, 1.807) is 7.05 Å². The van der Waals surface area contributed by atoms with Crippen molar-refractivity contribution >= 4 is 5.96 Å². The molecule has 0 amide bonds. The van der Waals surface area contributed by atoms with Crippen LogP contribution in [-0.4, -0.2) is 31.1 Å². The number of hydrazine groups is 1. The van der Waals surface area contributed by atoms with Gasteiger partial charge in [0.15, 0.2) is 0 Å². The van der Waals surface area contributed by atoms with Crippen LogP contribution in [0.2, 0.25) is 0 Å². The average molecular weight is 142 g/mol. The Morgan fingerprint density at radius 1 is 1.60 bits per heavy atom. The molecule has 10 heavy (non-hydrogen) atoms. The number of hydrogen-bond acceptors (Lipinski definition) is 2. The highest BCUT2D eigenvalue weighted by molar-refractivity contribution is 5.77. The SMILES string of the molecule is CN=C(N)N1CCCCN1. The smallest absolute Gasteiger partial charge is 0.205 e. The van der Waals surface area contributed by atoms with Crippen molar-refractivity contribution in [1.82, 2.24) is 10.4 Å². The third kappa shape index (κ3) is 1.60. The number of guanidine groups is 1. The summed E-state index contributed by atoms with van der Waals surface area (Å²) in [6, 6.07) is 0. The Kier molecular flexibility index (Phi) is 2.50. The topological polar surface area (TPSA) is 53.6 Å². The van der Waals surface area contributed by atoms with E-state index < -0.39 is 0 Å². The lowest BCUT2D eigenvalue weighted by atomic mass is 10.3. The van der Waals surface area contributed by atoms with Crippen molar-refractivity contribution < 1.29 is 0 Å². The molecule has 1 rings (SSSR count). The lowest BCUT2D eigenvalue weighted by Crippen LogP contribution is -2.50. The summed E-state index contributed by atoms with van der Waals surface area (Å²) in [5.41, 5.74) is 8.71. The number of rotatable bonds is 0. The molecule has 4 heteroatoms. The first-order valence-electron chi connectivity index (χ1n) is 3.58. The Labute approximate surface area is 61.1 Å². The maximum atomic E-state index is 5.56. The van der Waals surface area contributed by atoms with E-state index in [-0.39, 0.29) is 0 Å². The second-order valence-electron chi connectivity index (χ2n) is 2.35. The molecule has 4 nitrogen and oxygen atoms in total. The standard InChI is InChI=1S/C6H14N4/c1-8-6(7)10-5-3-2-4-9-10/h9H,2-5H2,1H3,(H2,7,8). The molecule has 0 spiro atoms. The second kappa shape index (κ2) is 3.41. The minimum absolute atomic E-state index is 0.583. The summed E-state index contributed by atoms with van der Waals surface area (Å²) in [6.07, 6.45) is 2.43. The zero-order chi connectivity index (χ0) is 7.40. The molecule has 0 saturated carbocycles. The van der Waals surface area contributed by atoms with Crippen molar-refractivity contribution in [2.75, 3.05) is 20.1 Å². The number of hydrogen-bond donors (Lipinski definition) is 2. The van der Waals surface area contributed by atoms with Crippen LogP contribution in [0.3, 0.4) is 0 Å². The van der Waals surface area contributed by atoms with Crippen molar-refractivity contribution in [1.29, 1.82) is 0 Å². The largest absolute Gasteiger partial charge is 0.369 e. The van der Waals surface area contributed by atoms with Gasteiger partial charge in [0.25, 0.3) is 0 Å². The molecule has 0 bridgehead atoms. The number of nitrogens with zero attached hydrogens (tertiary/aromatic N) is 2. The third-order valence-corrected chi connectivity index (χ3v) is 1.62. The van der Waals surface area contributed by atoms with Gasteiger partial charge < -0.3 is 5.73 Å². The lowest BCUT2D eigenvalue weighted by molar-refractivity contribution is 0.254. The summed E-state index contributed by atoms with van der Waals surface area (Å²) in [5, 5.41) is 1.89. The highest BCUT2D eigenvalue weighted by Crippen LogP contribution is 1.97. The minimum Gasteiger partial charge on any atom is -0.369 e. The molecular weight excluding hydrogens is 128 g/mol. The molecule has 1 fully saturated rings. The van der Waals surface area contributed by atoms with E-state index in [4.69, 9.17) is 5.73 Å². The van der Waals surface area contributed by atoms with Gasteiger partial charge in [0.2, 0.25) is 5.96 Å². The lowest BCUT2D eigenvalue weighted by Gasteiger charge is -2.27. The third-order valence-electron chi connectivity index (χ3n) is 1.62. The Bertz CT molecular complexity index is 126. The van der Waals surface area contributed by atoms with E-state index in [0.717, 1.165) is 13.1 Å². The van der Waals surface area contributed by atoms with E-state index >= 15 is 0 Å². The van der Waals surface area contributed by atoms with Crippen LogP contribution in [0.5, 0.6) is 0 Å². The van der Waals surface area contributed by atoms with Crippen LogP contribution in [0.1, 0.15) is 12.8 Å². The van der Waals surface area contributed by atoms with Gasteiger partial charge in [-0.05, 0) is 12.8 Å². The van der Waals surface area contributed by atoms with Crippen LogP contribution < -0.4 is 11.2 Å². The van der Waals surface area contributed by atoms with Crippen molar-refractivity contribution in [2.45, 2.75) is 12.8 Å². The Morgan fingerprint density at radius 2 is 2.40 bits per heavy atom. The molecule has 1 saturated heterocycles. The predicted molar refractivity (Wildman–Crippen MR) is 41.5 cm³/mol. The predicted octanol–water partition coefficient (Wildman–Crippen LogP) is -0.469. The first kappa shape index (κ1) is 7.34. The van der Waals surface area contributed by atoms with Crippen LogP contribution in [0.15, 0.2) is 4.99 Å². The van der Waals surface area contributed by atoms with E-state index in [1.165, 1.54) is 12.8 Å². The van der Waals surface area contributed by atoms with Gasteiger partial charge in [-0.2, -0.15) is 0 Å². The summed E-state index contributed by atoms with van der Waals surface area (Å²) in [4.78, 5) is 3.87. The van der Waals surface area contributed by atoms with Gasteiger partial charge in [0, 0.05) is 20.1 Å². The molecule has 3 N–H and O–H groups in total. The summed E-state index contributed by atoms with van der Waals surface area (Å²) >= 11 is 0. The quantitative estimate of drug-likeness (QED) is 0.355. The van der Waals surface area contributed by atoms with Crippen molar-refractivity contribution in [3.8, 4) is 0 Å². The first-order valence-corrected chi connectivity index (χ1v) is 3.58. The van der Waals surface area contributed by atoms with Crippen molar-refractivity contribution in [2.24, 2.45) is 10.7 Å². The normalized spacial score (nSPS) is 21.3. The molecule has 0 atom stereocenters. The zero-order valence-corrected chi connectivity index (χ0v) is 6.30. The molecule has 0 radical (unpaired) electrons. The van der Waals surface area contributed by atoms with Crippen molar-refractivity contribution in [3.63, 3.8) is 0 Å². The summed E-state index contributed by atoms with van der Waals surface area (Å²) < 4.78 is 0. The summed E-state index contributed by atoms with van der Waals surface area (Å²) in [7, 11) is 1.70. The van der Waals surface area contributed by atoms with Gasteiger partial charge in [-0.3, -0.25) is 10.0 Å². The Morgan fingerprint density at radius 3 is 2.90 bits per heavy atom. The monoisotopic (exact) mass is 142 g/mol.